The molecule has 11 nitrogen and oxygen atoms in total. The van der Waals surface area contributed by atoms with Crippen LogP contribution in [0.2, 0.25) is 0 Å². The second-order valence-electron chi connectivity index (χ2n) is 7.58. The molecule has 1 amide bonds. The summed E-state index contributed by atoms with van der Waals surface area (Å²) in [6, 6.07) is 5.62. The second kappa shape index (κ2) is 8.63. The average molecular weight is 556 g/mol. The van der Waals surface area contributed by atoms with Crippen LogP contribution in [0, 0.1) is 10.1 Å². The van der Waals surface area contributed by atoms with E-state index in [2.05, 4.69) is 0 Å². The first-order valence-corrected chi connectivity index (χ1v) is 11.2. The number of benzene rings is 1. The van der Waals surface area contributed by atoms with E-state index in [1.165, 1.54) is 46.9 Å². The molecule has 1 aliphatic rings. The van der Waals surface area contributed by atoms with Gasteiger partial charge in [-0.1, -0.05) is 18.2 Å². The van der Waals surface area contributed by atoms with Crippen LogP contribution < -0.4 is 0 Å². The first kappa shape index (κ1) is 24.3. The van der Waals surface area contributed by atoms with Crippen molar-refractivity contribution >= 4 is 44.8 Å². The van der Waals surface area contributed by atoms with E-state index in [0.717, 1.165) is 4.90 Å². The fourth-order valence-electron chi connectivity index (χ4n) is 2.85. The van der Waals surface area contributed by atoms with Crippen LogP contribution in [0.5, 0.6) is 0 Å². The van der Waals surface area contributed by atoms with Gasteiger partial charge in [-0.05, 0) is 32.9 Å². The van der Waals surface area contributed by atoms with Gasteiger partial charge in [0.15, 0.2) is 0 Å². The number of amides is 1. The van der Waals surface area contributed by atoms with Gasteiger partial charge in [-0.15, -0.1) is 0 Å². The predicted octanol–water partition coefficient (Wildman–Crippen LogP) is 2.32. The third kappa shape index (κ3) is 5.00. The molecule has 1 aromatic carbocycles. The Balaban J connectivity index is 2.31. The molecule has 1 fully saturated rings. The molecule has 1 unspecified atom stereocenters. The molecule has 166 valence electrons. The summed E-state index contributed by atoms with van der Waals surface area (Å²) in [5, 5.41) is 21.1. The highest BCUT2D eigenvalue weighted by Crippen LogP contribution is 2.41. The van der Waals surface area contributed by atoms with E-state index < -0.39 is 54.3 Å². The summed E-state index contributed by atoms with van der Waals surface area (Å²) in [4.78, 5) is 35.5. The molecule has 0 bridgehead atoms. The summed E-state index contributed by atoms with van der Waals surface area (Å²) in [7, 11) is -4.88. The molecule has 2 rings (SSSR count). The molecule has 0 saturated carbocycles. The van der Waals surface area contributed by atoms with Crippen LogP contribution in [0.1, 0.15) is 32.8 Å². The van der Waals surface area contributed by atoms with Crippen molar-refractivity contribution in [3.05, 3.63) is 46.0 Å². The molecule has 13 heteroatoms. The standard InChI is InChI=1S/C17H21IN2O9S/c1-16(2,3)28-15(23)19-10-12(9-13(19)14(21)22)29-30(26,27)17(18,20(24)25)11-7-5-4-6-8-11/h4-8,12-13H,9-10H2,1-3H3,(H,21,22)/t12-,13-,17?/m0/s1. The summed E-state index contributed by atoms with van der Waals surface area (Å²) in [5.74, 6) is -1.37. The number of halogens is 1. The van der Waals surface area contributed by atoms with Gasteiger partial charge in [0.05, 0.1) is 23.1 Å². The Labute approximate surface area is 186 Å². The molecule has 0 aliphatic carbocycles. The third-order valence-electron chi connectivity index (χ3n) is 4.13. The largest absolute Gasteiger partial charge is 0.480 e. The van der Waals surface area contributed by atoms with Crippen LogP contribution in [0.4, 0.5) is 4.79 Å². The zero-order valence-corrected chi connectivity index (χ0v) is 19.3. The van der Waals surface area contributed by atoms with Crippen LogP contribution in [0.15, 0.2) is 30.3 Å². The molecule has 1 saturated heterocycles. The Morgan fingerprint density at radius 3 is 2.30 bits per heavy atom. The van der Waals surface area contributed by atoms with Crippen LogP contribution in [0.3, 0.4) is 0 Å². The Morgan fingerprint density at radius 2 is 1.83 bits per heavy atom. The van der Waals surface area contributed by atoms with E-state index >= 15 is 0 Å². The van der Waals surface area contributed by atoms with Gasteiger partial charge >= 0.3 is 25.1 Å². The number of likely N-dealkylation sites (tertiary alicyclic amines) is 1. The maximum Gasteiger partial charge on any atom is 0.414 e. The van der Waals surface area contributed by atoms with Gasteiger partial charge in [-0.2, -0.15) is 8.42 Å². The number of carbonyl (C=O) groups excluding carboxylic acids is 1. The summed E-state index contributed by atoms with van der Waals surface area (Å²) >= 11 is 1.18. The fourth-order valence-corrected chi connectivity index (χ4v) is 4.75. The van der Waals surface area contributed by atoms with Gasteiger partial charge in [0.2, 0.25) is 0 Å². The number of nitrogens with zero attached hydrogens (tertiary/aromatic N) is 2. The Bertz CT molecular complexity index is 932. The fraction of sp³-hybridized carbons (Fsp3) is 0.529. The van der Waals surface area contributed by atoms with Crippen molar-refractivity contribution < 1.29 is 37.0 Å². The SMILES string of the molecule is CC(C)(C)OC(=O)N1C[C@@H](OS(=O)(=O)C(I)(c2ccccc2)[N+](=O)[O-])C[C@H]1C(=O)O. The number of hydrogen-bond acceptors (Lipinski definition) is 8. The summed E-state index contributed by atoms with van der Waals surface area (Å²) in [6.07, 6.45) is -2.61. The maximum atomic E-state index is 12.9. The Kier molecular flexibility index (Phi) is 6.98. The molecule has 1 aromatic rings. The third-order valence-corrected chi connectivity index (χ3v) is 8.34. The van der Waals surface area contributed by atoms with Crippen LogP contribution in [-0.2, 0) is 26.7 Å². The minimum Gasteiger partial charge on any atom is -0.480 e. The van der Waals surface area contributed by atoms with Crippen molar-refractivity contribution in [3.8, 4) is 0 Å². The molecule has 3 atom stereocenters. The lowest BCUT2D eigenvalue weighted by atomic mass is 10.2. The number of ether oxygens (including phenoxy) is 1. The van der Waals surface area contributed by atoms with Gasteiger partial charge in [-0.3, -0.25) is 19.2 Å². The maximum absolute atomic E-state index is 12.9. The Hall–Kier alpha value is -2.00. The van der Waals surface area contributed by atoms with E-state index in [0.29, 0.717) is 0 Å². The zero-order chi connectivity index (χ0) is 22.9. The number of carboxylic acid groups (broad SMARTS) is 1. The van der Waals surface area contributed by atoms with E-state index in [-0.39, 0.29) is 12.0 Å². The summed E-state index contributed by atoms with van der Waals surface area (Å²) < 4.78 is 33.4. The molecular formula is C17H21IN2O9S. The number of aliphatic carboxylic acids is 1. The van der Waals surface area contributed by atoms with Crippen molar-refractivity contribution in [3.63, 3.8) is 0 Å². The van der Waals surface area contributed by atoms with Gasteiger partial charge in [0, 0.05) is 29.0 Å². The number of alkyl halides is 1. The van der Waals surface area contributed by atoms with Crippen molar-refractivity contribution in [1.82, 2.24) is 4.90 Å². The molecule has 1 aliphatic heterocycles. The van der Waals surface area contributed by atoms with Gasteiger partial charge in [0.1, 0.15) is 11.6 Å². The molecule has 0 spiro atoms. The van der Waals surface area contributed by atoms with E-state index in [4.69, 9.17) is 8.92 Å². The number of nitro groups is 1. The lowest BCUT2D eigenvalue weighted by Gasteiger charge is -2.26. The number of carboxylic acids is 1. The molecule has 1 N–H and O–H groups in total. The number of carbonyl (C=O) groups is 2. The minimum atomic E-state index is -4.88. The van der Waals surface area contributed by atoms with Crippen molar-refractivity contribution in [2.45, 2.75) is 47.8 Å². The highest BCUT2D eigenvalue weighted by Gasteiger charge is 2.58. The van der Waals surface area contributed by atoms with Crippen LogP contribution >= 0.6 is 22.6 Å². The molecule has 0 radical (unpaired) electrons. The quantitative estimate of drug-likeness (QED) is 0.139. The zero-order valence-electron chi connectivity index (χ0n) is 16.3. The second-order valence-corrected chi connectivity index (χ2v) is 11.6. The minimum absolute atomic E-state index is 0.132. The van der Waals surface area contributed by atoms with E-state index in [1.807, 2.05) is 0 Å². The first-order chi connectivity index (χ1) is 13.7. The number of hydrogen-bond donors (Lipinski definition) is 1. The highest BCUT2D eigenvalue weighted by atomic mass is 127. The smallest absolute Gasteiger partial charge is 0.414 e. The monoisotopic (exact) mass is 556 g/mol. The molecule has 1 heterocycles. The average Bonchev–Trinajstić information content (AvgIpc) is 3.03. The summed E-state index contributed by atoms with van der Waals surface area (Å²) in [5.41, 5.74) is -1.03. The van der Waals surface area contributed by atoms with Crippen LogP contribution in [0.25, 0.3) is 0 Å². The normalized spacial score (nSPS) is 21.7. The molecular weight excluding hydrogens is 535 g/mol. The van der Waals surface area contributed by atoms with E-state index in [1.54, 1.807) is 26.8 Å². The lowest BCUT2D eigenvalue weighted by Crippen LogP contribution is -2.44. The predicted molar refractivity (Wildman–Crippen MR) is 112 cm³/mol. The van der Waals surface area contributed by atoms with Crippen molar-refractivity contribution in [2.75, 3.05) is 6.54 Å². The first-order valence-electron chi connectivity index (χ1n) is 8.73. The van der Waals surface area contributed by atoms with Gasteiger partial charge < -0.3 is 9.84 Å². The van der Waals surface area contributed by atoms with Crippen molar-refractivity contribution in [1.29, 1.82) is 0 Å². The molecule has 30 heavy (non-hydrogen) atoms. The lowest BCUT2D eigenvalue weighted by molar-refractivity contribution is -0.512. The van der Waals surface area contributed by atoms with Crippen LogP contribution in [-0.4, -0.2) is 59.7 Å². The van der Waals surface area contributed by atoms with Gasteiger partial charge in [-0.25, -0.2) is 9.59 Å². The van der Waals surface area contributed by atoms with Gasteiger partial charge in [0.25, 0.3) is 0 Å². The highest BCUT2D eigenvalue weighted by molar-refractivity contribution is 14.1. The molecule has 0 aromatic heterocycles. The Morgan fingerprint density at radius 1 is 1.27 bits per heavy atom. The topological polar surface area (TPSA) is 153 Å². The number of rotatable bonds is 6. The summed E-state index contributed by atoms with van der Waals surface area (Å²) in [6.45, 7) is 4.37. The van der Waals surface area contributed by atoms with Crippen molar-refractivity contribution in [2.24, 2.45) is 0 Å². The van der Waals surface area contributed by atoms with E-state index in [9.17, 15) is 33.2 Å².